The molecule has 9 heteroatoms. The molecule has 0 bridgehead atoms. The van der Waals surface area contributed by atoms with Crippen molar-refractivity contribution in [3.8, 4) is 28.7 Å². The number of hydrogen-bond acceptors (Lipinski definition) is 8. The molecule has 0 spiro atoms. The van der Waals surface area contributed by atoms with Crippen molar-refractivity contribution in [1.29, 1.82) is 0 Å². The van der Waals surface area contributed by atoms with Gasteiger partial charge in [0.05, 0.1) is 5.56 Å². The van der Waals surface area contributed by atoms with E-state index in [2.05, 4.69) is 19.7 Å². The van der Waals surface area contributed by atoms with Crippen LogP contribution in [0.2, 0.25) is 0 Å². The lowest BCUT2D eigenvalue weighted by Gasteiger charge is -2.01. The first-order valence-electron chi connectivity index (χ1n) is 10.5. The number of aromatic carboxylic acids is 1. The Kier molecular flexibility index (Phi) is 13.1. The predicted octanol–water partition coefficient (Wildman–Crippen LogP) is 4.92. The van der Waals surface area contributed by atoms with E-state index in [-0.39, 0.29) is 17.1 Å². The van der Waals surface area contributed by atoms with E-state index in [0.29, 0.717) is 18.1 Å². The van der Waals surface area contributed by atoms with Crippen molar-refractivity contribution in [3.05, 3.63) is 116 Å². The first-order chi connectivity index (χ1) is 17.7. The van der Waals surface area contributed by atoms with Crippen LogP contribution in [0.5, 0.6) is 28.7 Å². The molecule has 3 rings (SSSR count). The summed E-state index contributed by atoms with van der Waals surface area (Å²) in [5, 5.41) is 26.4. The van der Waals surface area contributed by atoms with Crippen molar-refractivity contribution in [2.24, 2.45) is 0 Å². The summed E-state index contributed by atoms with van der Waals surface area (Å²) in [7, 11) is 0. The van der Waals surface area contributed by atoms with E-state index in [1.807, 2.05) is 0 Å². The van der Waals surface area contributed by atoms with Gasteiger partial charge >= 0.3 is 17.9 Å². The molecule has 0 aliphatic carbocycles. The molecule has 0 aliphatic rings. The van der Waals surface area contributed by atoms with Crippen LogP contribution in [-0.4, -0.2) is 39.8 Å². The van der Waals surface area contributed by atoms with Gasteiger partial charge in [-0.05, 0) is 72.8 Å². The van der Waals surface area contributed by atoms with E-state index < -0.39 is 17.9 Å². The lowest BCUT2D eigenvalue weighted by atomic mass is 10.2. The maximum atomic E-state index is 10.7. The van der Waals surface area contributed by atoms with Crippen molar-refractivity contribution < 1.29 is 43.9 Å². The highest BCUT2D eigenvalue weighted by molar-refractivity contribution is 5.88. The van der Waals surface area contributed by atoms with Gasteiger partial charge in [0.1, 0.15) is 35.4 Å². The number of carboxylic acids is 1. The normalized spacial score (nSPS) is 9.08. The van der Waals surface area contributed by atoms with Crippen LogP contribution < -0.4 is 14.2 Å². The monoisotopic (exact) mass is 506 g/mol. The molecule has 9 nitrogen and oxygen atoms in total. The highest BCUT2D eigenvalue weighted by atomic mass is 16.5. The molecular weight excluding hydrogens is 480 g/mol. The highest BCUT2D eigenvalue weighted by Gasteiger charge is 2.03. The summed E-state index contributed by atoms with van der Waals surface area (Å²) in [6.45, 7) is 10.5. The fraction of sp³-hybridized carbons (Fsp3) is 0.0357. The molecule has 0 atom stereocenters. The molecule has 3 N–H and O–H groups in total. The lowest BCUT2D eigenvalue weighted by molar-refractivity contribution is -0.129. The SMILES string of the molecule is C=CC(=O)Oc1ccc(C(=O)O)cc1.C=CC(=O)Oc1ccc(O)cc1.C=CCOc1ccc(O)cc1. The second-order valence-corrected chi connectivity index (χ2v) is 6.67. The Labute approximate surface area is 213 Å². The van der Waals surface area contributed by atoms with E-state index >= 15 is 0 Å². The third-order valence-electron chi connectivity index (χ3n) is 3.91. The minimum atomic E-state index is -1.02. The number of esters is 2. The van der Waals surface area contributed by atoms with E-state index in [4.69, 9.17) is 29.5 Å². The largest absolute Gasteiger partial charge is 0.508 e. The van der Waals surface area contributed by atoms with E-state index in [9.17, 15) is 14.4 Å². The fourth-order valence-electron chi connectivity index (χ4n) is 2.19. The summed E-state index contributed by atoms with van der Waals surface area (Å²) in [6.07, 6.45) is 3.78. The van der Waals surface area contributed by atoms with Gasteiger partial charge in [-0.2, -0.15) is 0 Å². The number of rotatable bonds is 8. The number of phenolic OH excluding ortho intramolecular Hbond substituents is 2. The van der Waals surface area contributed by atoms with Crippen LogP contribution in [0.4, 0.5) is 0 Å². The second kappa shape index (κ2) is 16.3. The first kappa shape index (κ1) is 29.7. The average molecular weight is 507 g/mol. The molecule has 0 radical (unpaired) electrons. The Morgan fingerprint density at radius 3 is 1.38 bits per heavy atom. The third kappa shape index (κ3) is 12.6. The minimum absolute atomic E-state index is 0.133. The van der Waals surface area contributed by atoms with Crippen LogP contribution in [-0.2, 0) is 9.59 Å². The van der Waals surface area contributed by atoms with Gasteiger partial charge in [0.15, 0.2) is 0 Å². The highest BCUT2D eigenvalue weighted by Crippen LogP contribution is 2.16. The lowest BCUT2D eigenvalue weighted by Crippen LogP contribution is -2.03. The number of phenols is 2. The van der Waals surface area contributed by atoms with Crippen molar-refractivity contribution in [2.45, 2.75) is 0 Å². The molecular formula is C28H26O9. The molecule has 0 heterocycles. The summed E-state index contributed by atoms with van der Waals surface area (Å²) in [6, 6.07) is 18.0. The van der Waals surface area contributed by atoms with Crippen LogP contribution in [0.3, 0.4) is 0 Å². The predicted molar refractivity (Wildman–Crippen MR) is 137 cm³/mol. The average Bonchev–Trinajstić information content (AvgIpc) is 2.90. The Morgan fingerprint density at radius 1 is 0.649 bits per heavy atom. The Balaban J connectivity index is 0.000000280. The van der Waals surface area contributed by atoms with Gasteiger partial charge in [-0.1, -0.05) is 25.8 Å². The number of benzene rings is 3. The zero-order chi connectivity index (χ0) is 27.6. The maximum Gasteiger partial charge on any atom is 0.335 e. The van der Waals surface area contributed by atoms with Gasteiger partial charge in [0.25, 0.3) is 0 Å². The first-order valence-corrected chi connectivity index (χ1v) is 10.5. The van der Waals surface area contributed by atoms with Crippen molar-refractivity contribution >= 4 is 17.9 Å². The fourth-order valence-corrected chi connectivity index (χ4v) is 2.19. The molecule has 0 aliphatic heterocycles. The van der Waals surface area contributed by atoms with E-state index in [1.165, 1.54) is 48.5 Å². The van der Waals surface area contributed by atoms with Crippen molar-refractivity contribution in [3.63, 3.8) is 0 Å². The smallest absolute Gasteiger partial charge is 0.335 e. The molecule has 0 amide bonds. The quantitative estimate of drug-likeness (QED) is 0.168. The number of aromatic hydroxyl groups is 2. The molecule has 3 aromatic carbocycles. The summed E-state index contributed by atoms with van der Waals surface area (Å²) in [5.41, 5.74) is 0.142. The second-order valence-electron chi connectivity index (χ2n) is 6.67. The molecule has 192 valence electrons. The Bertz CT molecular complexity index is 1180. The number of carboxylic acid groups (broad SMARTS) is 1. The van der Waals surface area contributed by atoms with Crippen LogP contribution in [0.15, 0.2) is 111 Å². The van der Waals surface area contributed by atoms with Crippen LogP contribution in [0.1, 0.15) is 10.4 Å². The summed E-state index contributed by atoms with van der Waals surface area (Å²) < 4.78 is 14.7. The van der Waals surface area contributed by atoms with Gasteiger partial charge in [0, 0.05) is 12.2 Å². The third-order valence-corrected chi connectivity index (χ3v) is 3.91. The van der Waals surface area contributed by atoms with Gasteiger partial charge in [-0.25, -0.2) is 14.4 Å². The van der Waals surface area contributed by atoms with E-state index in [0.717, 1.165) is 17.9 Å². The number of ether oxygens (including phenoxy) is 3. The molecule has 37 heavy (non-hydrogen) atoms. The van der Waals surface area contributed by atoms with Crippen molar-refractivity contribution in [1.82, 2.24) is 0 Å². The molecule has 0 unspecified atom stereocenters. The molecule has 3 aromatic rings. The number of carbonyl (C=O) groups excluding carboxylic acids is 2. The molecule has 0 saturated carbocycles. The van der Waals surface area contributed by atoms with Crippen molar-refractivity contribution in [2.75, 3.05) is 6.61 Å². The maximum absolute atomic E-state index is 10.7. The van der Waals surface area contributed by atoms with Gasteiger partial charge in [-0.15, -0.1) is 0 Å². The summed E-state index contributed by atoms with van der Waals surface area (Å²) in [4.78, 5) is 31.9. The van der Waals surface area contributed by atoms with E-state index in [1.54, 1.807) is 30.3 Å². The molecule has 0 fully saturated rings. The number of carbonyl (C=O) groups is 3. The summed E-state index contributed by atoms with van der Waals surface area (Å²) in [5.74, 6) is -0.315. The van der Waals surface area contributed by atoms with Crippen LogP contribution in [0.25, 0.3) is 0 Å². The molecule has 0 aromatic heterocycles. The number of hydrogen-bond donors (Lipinski definition) is 3. The molecule has 0 saturated heterocycles. The van der Waals surface area contributed by atoms with Gasteiger partial charge in [0.2, 0.25) is 0 Å². The minimum Gasteiger partial charge on any atom is -0.508 e. The summed E-state index contributed by atoms with van der Waals surface area (Å²) >= 11 is 0. The zero-order valence-corrected chi connectivity index (χ0v) is 19.8. The Hall–Kier alpha value is -5.31. The van der Waals surface area contributed by atoms with Gasteiger partial charge in [-0.3, -0.25) is 0 Å². The zero-order valence-electron chi connectivity index (χ0n) is 19.8. The standard InChI is InChI=1S/C10H8O4.C9H8O3.C9H10O2/c1-2-9(11)14-8-5-3-7(4-6-8)10(12)13;1-2-9(11)12-8-5-3-7(10)4-6-8;1-2-7-11-9-5-3-8(10)4-6-9/h2-6H,1H2,(H,12,13);2-6,10H,1H2;2-6,10H,1,7H2. The Morgan fingerprint density at radius 2 is 1.03 bits per heavy atom. The van der Waals surface area contributed by atoms with Crippen LogP contribution in [0, 0.1) is 0 Å². The van der Waals surface area contributed by atoms with Gasteiger partial charge < -0.3 is 29.5 Å². The topological polar surface area (TPSA) is 140 Å². The van der Waals surface area contributed by atoms with Crippen LogP contribution >= 0.6 is 0 Å².